The molecule has 3 aromatic rings. The van der Waals surface area contributed by atoms with E-state index in [1.807, 2.05) is 5.38 Å². The number of rotatable bonds is 7. The van der Waals surface area contributed by atoms with Gasteiger partial charge in [-0.3, -0.25) is 9.89 Å². The van der Waals surface area contributed by atoms with Crippen LogP contribution in [0.15, 0.2) is 17.6 Å². The normalized spacial score (nSPS) is 22.4. The average molecular weight is 478 g/mol. The van der Waals surface area contributed by atoms with E-state index in [1.165, 1.54) is 48.3 Å². The van der Waals surface area contributed by atoms with E-state index in [4.69, 9.17) is 9.97 Å². The molecular formula is C25H31N7OS. The molecule has 3 aliphatic rings. The third-order valence-corrected chi connectivity index (χ3v) is 8.43. The molecule has 178 valence electrons. The largest absolute Gasteiger partial charge is 0.331 e. The van der Waals surface area contributed by atoms with Crippen LogP contribution in [0.25, 0.3) is 0 Å². The lowest BCUT2D eigenvalue weighted by molar-refractivity contribution is -0.119. The highest BCUT2D eigenvalue weighted by Gasteiger charge is 2.35. The first-order chi connectivity index (χ1) is 16.7. The summed E-state index contributed by atoms with van der Waals surface area (Å²) in [7, 11) is 0. The fourth-order valence-electron chi connectivity index (χ4n) is 5.79. The number of hydrogen-bond acceptors (Lipinski definition) is 8. The fraction of sp³-hybridized carbons (Fsp3) is 0.560. The van der Waals surface area contributed by atoms with Crippen LogP contribution in [0.4, 0.5) is 17.6 Å². The van der Waals surface area contributed by atoms with Gasteiger partial charge in [0.05, 0.1) is 23.2 Å². The number of thiazole rings is 1. The lowest BCUT2D eigenvalue weighted by Crippen LogP contribution is -2.38. The van der Waals surface area contributed by atoms with Crippen molar-refractivity contribution in [3.05, 3.63) is 39.6 Å². The number of aromatic nitrogens is 5. The molecular weight excluding hydrogens is 446 g/mol. The Morgan fingerprint density at radius 2 is 2.09 bits per heavy atom. The summed E-state index contributed by atoms with van der Waals surface area (Å²) in [5.41, 5.74) is 3.51. The minimum absolute atomic E-state index is 0.189. The van der Waals surface area contributed by atoms with E-state index in [0.717, 1.165) is 54.6 Å². The molecule has 6 rings (SSSR count). The molecule has 8 nitrogen and oxygen atoms in total. The van der Waals surface area contributed by atoms with Crippen LogP contribution >= 0.6 is 11.3 Å². The highest BCUT2D eigenvalue weighted by molar-refractivity contribution is 7.09. The topological polar surface area (TPSA) is 99.7 Å². The van der Waals surface area contributed by atoms with Gasteiger partial charge < -0.3 is 10.2 Å². The maximum absolute atomic E-state index is 13.1. The third-order valence-electron chi connectivity index (χ3n) is 7.65. The van der Waals surface area contributed by atoms with E-state index in [2.05, 4.69) is 38.4 Å². The van der Waals surface area contributed by atoms with Crippen LogP contribution in [0.5, 0.6) is 0 Å². The van der Waals surface area contributed by atoms with E-state index in [-0.39, 0.29) is 11.8 Å². The summed E-state index contributed by atoms with van der Waals surface area (Å²) >= 11 is 1.54. The first-order valence-corrected chi connectivity index (χ1v) is 13.4. The van der Waals surface area contributed by atoms with Crippen molar-refractivity contribution in [2.24, 2.45) is 0 Å². The second-order valence-corrected chi connectivity index (χ2v) is 10.9. The van der Waals surface area contributed by atoms with Crippen LogP contribution in [-0.2, 0) is 17.6 Å². The van der Waals surface area contributed by atoms with Crippen molar-refractivity contribution in [2.45, 2.75) is 82.6 Å². The van der Waals surface area contributed by atoms with Gasteiger partial charge >= 0.3 is 0 Å². The van der Waals surface area contributed by atoms with Crippen molar-refractivity contribution in [2.75, 3.05) is 16.8 Å². The Morgan fingerprint density at radius 3 is 2.91 bits per heavy atom. The average Bonchev–Trinajstić information content (AvgIpc) is 3.65. The van der Waals surface area contributed by atoms with E-state index in [0.29, 0.717) is 24.2 Å². The van der Waals surface area contributed by atoms with Crippen LogP contribution in [0.2, 0.25) is 0 Å². The quantitative estimate of drug-likeness (QED) is 0.500. The van der Waals surface area contributed by atoms with Crippen LogP contribution in [-0.4, -0.2) is 43.5 Å². The Kier molecular flexibility index (Phi) is 5.80. The zero-order valence-electron chi connectivity index (χ0n) is 19.6. The van der Waals surface area contributed by atoms with E-state index >= 15 is 0 Å². The zero-order chi connectivity index (χ0) is 23.1. The highest BCUT2D eigenvalue weighted by atomic mass is 32.1. The summed E-state index contributed by atoms with van der Waals surface area (Å²) in [6.45, 7) is 3.03. The molecule has 2 fully saturated rings. The molecule has 0 amide bonds. The molecule has 9 heteroatoms. The Hall–Kier alpha value is -2.81. The number of aromatic amines is 1. The maximum Gasteiger partial charge on any atom is 0.228 e. The molecule has 3 aromatic heterocycles. The first kappa shape index (κ1) is 21.7. The number of fused-ring (bicyclic) bond motifs is 1. The van der Waals surface area contributed by atoms with Crippen LogP contribution in [0.3, 0.4) is 0 Å². The molecule has 2 aliphatic carbocycles. The van der Waals surface area contributed by atoms with Crippen molar-refractivity contribution in [3.63, 3.8) is 0 Å². The zero-order valence-corrected chi connectivity index (χ0v) is 20.4. The first-order valence-electron chi connectivity index (χ1n) is 12.6. The molecule has 0 radical (unpaired) electrons. The number of nitrogens with one attached hydrogen (secondary N) is 2. The summed E-state index contributed by atoms with van der Waals surface area (Å²) in [6, 6.07) is 1.95. The van der Waals surface area contributed by atoms with Crippen molar-refractivity contribution in [1.29, 1.82) is 0 Å². The van der Waals surface area contributed by atoms with Gasteiger partial charge in [-0.05, 0) is 44.4 Å². The second kappa shape index (κ2) is 9.09. The van der Waals surface area contributed by atoms with Crippen molar-refractivity contribution in [3.8, 4) is 0 Å². The molecule has 2 atom stereocenters. The molecule has 1 saturated carbocycles. The number of anilines is 3. The molecule has 4 heterocycles. The SMILES string of the molecule is CC1CCc2c(Nc3cc(C4CCCC4)[nH]n3)nc(N3CCCC3C(=O)Cc3nccs3)nc21. The van der Waals surface area contributed by atoms with Crippen LogP contribution in [0.1, 0.15) is 85.7 Å². The third kappa shape index (κ3) is 4.10. The Labute approximate surface area is 203 Å². The maximum atomic E-state index is 13.1. The monoisotopic (exact) mass is 477 g/mol. The van der Waals surface area contributed by atoms with Crippen molar-refractivity contribution in [1.82, 2.24) is 25.1 Å². The van der Waals surface area contributed by atoms with Gasteiger partial charge in [-0.1, -0.05) is 19.8 Å². The van der Waals surface area contributed by atoms with E-state index < -0.39 is 0 Å². The number of carbonyl (C=O) groups excluding carboxylic acids is 1. The summed E-state index contributed by atoms with van der Waals surface area (Å²) in [5.74, 6) is 3.49. The van der Waals surface area contributed by atoms with Gasteiger partial charge in [0.1, 0.15) is 5.82 Å². The van der Waals surface area contributed by atoms with Gasteiger partial charge in [-0.25, -0.2) is 9.97 Å². The highest BCUT2D eigenvalue weighted by Crippen LogP contribution is 2.39. The molecule has 34 heavy (non-hydrogen) atoms. The summed E-state index contributed by atoms with van der Waals surface area (Å²) in [6.07, 6.45) is 11.0. The Balaban J connectivity index is 1.28. The molecule has 2 unspecified atom stereocenters. The lowest BCUT2D eigenvalue weighted by Gasteiger charge is -2.25. The van der Waals surface area contributed by atoms with E-state index in [9.17, 15) is 4.79 Å². The number of H-pyrrole nitrogens is 1. The Bertz CT molecular complexity index is 1170. The number of nitrogens with zero attached hydrogens (tertiary/aromatic N) is 5. The van der Waals surface area contributed by atoms with Crippen molar-refractivity contribution >= 4 is 34.7 Å². The van der Waals surface area contributed by atoms with Gasteiger partial charge in [-0.2, -0.15) is 10.1 Å². The predicted molar refractivity (Wildman–Crippen MR) is 133 cm³/mol. The summed E-state index contributed by atoms with van der Waals surface area (Å²) < 4.78 is 0. The molecule has 0 spiro atoms. The molecule has 0 bridgehead atoms. The van der Waals surface area contributed by atoms with Crippen molar-refractivity contribution < 1.29 is 4.79 Å². The molecule has 2 N–H and O–H groups in total. The predicted octanol–water partition coefficient (Wildman–Crippen LogP) is 4.89. The van der Waals surface area contributed by atoms with Gasteiger partial charge in [0, 0.05) is 41.4 Å². The van der Waals surface area contributed by atoms with Crippen LogP contribution in [0, 0.1) is 0 Å². The number of hydrogen-bond donors (Lipinski definition) is 2. The minimum atomic E-state index is -0.189. The standard InChI is InChI=1S/C25H31N7OS/c1-15-8-9-17-23(15)28-25(32-11-4-7-19(32)20(33)14-22-26-10-12-34-22)29-24(17)27-21-13-18(30-31-21)16-5-2-3-6-16/h10,12-13,15-16,19H,2-9,11,14H2,1H3,(H2,27,28,29,30,31). The number of ketones is 1. The van der Waals surface area contributed by atoms with Crippen LogP contribution < -0.4 is 10.2 Å². The van der Waals surface area contributed by atoms with Gasteiger partial charge in [0.25, 0.3) is 0 Å². The number of Topliss-reactive ketones (excluding diaryl/α,β-unsaturated/α-hetero) is 1. The second-order valence-electron chi connectivity index (χ2n) is 9.91. The van der Waals surface area contributed by atoms with Gasteiger partial charge in [0.15, 0.2) is 11.6 Å². The summed E-state index contributed by atoms with van der Waals surface area (Å²) in [5, 5.41) is 14.1. The smallest absolute Gasteiger partial charge is 0.228 e. The summed E-state index contributed by atoms with van der Waals surface area (Å²) in [4.78, 5) is 29.5. The number of carbonyl (C=O) groups is 1. The fourth-order valence-corrected chi connectivity index (χ4v) is 6.41. The van der Waals surface area contributed by atoms with E-state index in [1.54, 1.807) is 6.20 Å². The van der Waals surface area contributed by atoms with Gasteiger partial charge in [0.2, 0.25) is 5.95 Å². The minimum Gasteiger partial charge on any atom is -0.331 e. The Morgan fingerprint density at radius 1 is 1.21 bits per heavy atom. The van der Waals surface area contributed by atoms with Gasteiger partial charge in [-0.15, -0.1) is 11.3 Å². The molecule has 1 saturated heterocycles. The molecule has 1 aliphatic heterocycles. The molecule has 0 aromatic carbocycles. The lowest BCUT2D eigenvalue weighted by atomic mass is 10.0.